The summed E-state index contributed by atoms with van der Waals surface area (Å²) >= 11 is 0. The molecule has 1 aromatic heterocycles. The van der Waals surface area contributed by atoms with Crippen LogP contribution in [0, 0.1) is 12.7 Å². The van der Waals surface area contributed by atoms with E-state index in [1.165, 1.54) is 19.2 Å². The summed E-state index contributed by atoms with van der Waals surface area (Å²) in [6.45, 7) is 2.02. The fourth-order valence-electron chi connectivity index (χ4n) is 2.54. The van der Waals surface area contributed by atoms with Crippen molar-refractivity contribution in [2.24, 2.45) is 0 Å². The third-order valence-corrected chi connectivity index (χ3v) is 3.81. The molecule has 0 radical (unpaired) electrons. The van der Waals surface area contributed by atoms with Gasteiger partial charge in [-0.15, -0.1) is 0 Å². The molecule has 1 unspecified atom stereocenters. The van der Waals surface area contributed by atoms with Crippen molar-refractivity contribution in [2.45, 2.75) is 19.4 Å². The van der Waals surface area contributed by atoms with Gasteiger partial charge in [0.25, 0.3) is 5.91 Å². The molecule has 1 amide bonds. The Balaban J connectivity index is 1.81. The van der Waals surface area contributed by atoms with E-state index in [9.17, 15) is 14.0 Å². The quantitative estimate of drug-likeness (QED) is 0.880. The second kappa shape index (κ2) is 5.42. The largest absolute Gasteiger partial charge is 0.447 e. The molecule has 0 bridgehead atoms. The van der Waals surface area contributed by atoms with Crippen molar-refractivity contribution in [1.82, 2.24) is 10.0 Å². The SMILES string of the molecule is CON1CCC(OC(=O)c2cc3c(C)c(F)ccc3[nH]2)C1=O. The molecule has 1 aliphatic heterocycles. The van der Waals surface area contributed by atoms with Crippen molar-refractivity contribution in [2.75, 3.05) is 13.7 Å². The van der Waals surface area contributed by atoms with E-state index in [1.807, 2.05) is 0 Å². The van der Waals surface area contributed by atoms with Gasteiger partial charge in [-0.1, -0.05) is 0 Å². The summed E-state index contributed by atoms with van der Waals surface area (Å²) in [5.74, 6) is -1.37. The number of H-pyrrole nitrogens is 1. The average Bonchev–Trinajstić information content (AvgIpc) is 3.08. The highest BCUT2D eigenvalue weighted by Gasteiger charge is 2.35. The molecular weight excluding hydrogens is 291 g/mol. The van der Waals surface area contributed by atoms with Crippen LogP contribution < -0.4 is 0 Å². The molecule has 1 aliphatic rings. The molecule has 1 atom stereocenters. The van der Waals surface area contributed by atoms with Crippen LogP contribution in [0.3, 0.4) is 0 Å². The van der Waals surface area contributed by atoms with E-state index in [4.69, 9.17) is 9.57 Å². The zero-order chi connectivity index (χ0) is 15.9. The Morgan fingerprint density at radius 2 is 2.23 bits per heavy atom. The first-order chi connectivity index (χ1) is 10.5. The van der Waals surface area contributed by atoms with Crippen LogP contribution >= 0.6 is 0 Å². The van der Waals surface area contributed by atoms with Gasteiger partial charge >= 0.3 is 5.97 Å². The second-order valence-corrected chi connectivity index (χ2v) is 5.12. The molecule has 7 heteroatoms. The number of halogens is 1. The van der Waals surface area contributed by atoms with E-state index in [2.05, 4.69) is 4.98 Å². The third kappa shape index (κ3) is 2.33. The summed E-state index contributed by atoms with van der Waals surface area (Å²) in [6, 6.07) is 4.42. The molecule has 1 saturated heterocycles. The van der Waals surface area contributed by atoms with Crippen LogP contribution in [0.5, 0.6) is 0 Å². The summed E-state index contributed by atoms with van der Waals surface area (Å²) in [4.78, 5) is 31.7. The summed E-state index contributed by atoms with van der Waals surface area (Å²) in [5.41, 5.74) is 1.28. The highest BCUT2D eigenvalue weighted by Crippen LogP contribution is 2.23. The van der Waals surface area contributed by atoms with Gasteiger partial charge < -0.3 is 9.72 Å². The first-order valence-corrected chi connectivity index (χ1v) is 6.85. The molecular formula is C15H15FN2O4. The minimum absolute atomic E-state index is 0.187. The molecule has 0 saturated carbocycles. The van der Waals surface area contributed by atoms with Crippen LogP contribution in [0.25, 0.3) is 10.9 Å². The maximum absolute atomic E-state index is 13.5. The first kappa shape index (κ1) is 14.5. The minimum atomic E-state index is -0.850. The van der Waals surface area contributed by atoms with Crippen molar-refractivity contribution in [3.63, 3.8) is 0 Å². The van der Waals surface area contributed by atoms with Crippen LogP contribution in [-0.2, 0) is 14.4 Å². The number of hydrogen-bond acceptors (Lipinski definition) is 4. The number of nitrogens with zero attached hydrogens (tertiary/aromatic N) is 1. The van der Waals surface area contributed by atoms with Gasteiger partial charge in [0.15, 0.2) is 6.10 Å². The Kier molecular flexibility index (Phi) is 3.58. The highest BCUT2D eigenvalue weighted by molar-refractivity contribution is 5.97. The predicted octanol–water partition coefficient (Wildman–Crippen LogP) is 1.93. The van der Waals surface area contributed by atoms with E-state index in [0.29, 0.717) is 29.4 Å². The average molecular weight is 306 g/mol. The Morgan fingerprint density at radius 3 is 2.91 bits per heavy atom. The van der Waals surface area contributed by atoms with Crippen molar-refractivity contribution in [1.29, 1.82) is 0 Å². The number of ether oxygens (including phenoxy) is 1. The van der Waals surface area contributed by atoms with Crippen molar-refractivity contribution < 1.29 is 23.6 Å². The Morgan fingerprint density at radius 1 is 1.45 bits per heavy atom. The van der Waals surface area contributed by atoms with Crippen LogP contribution in [0.15, 0.2) is 18.2 Å². The van der Waals surface area contributed by atoms with Gasteiger partial charge in [-0.25, -0.2) is 14.2 Å². The Labute approximate surface area is 125 Å². The molecule has 3 rings (SSSR count). The lowest BCUT2D eigenvalue weighted by Crippen LogP contribution is -2.31. The van der Waals surface area contributed by atoms with Crippen LogP contribution in [-0.4, -0.2) is 41.7 Å². The van der Waals surface area contributed by atoms with Crippen molar-refractivity contribution in [3.8, 4) is 0 Å². The fourth-order valence-corrected chi connectivity index (χ4v) is 2.54. The third-order valence-electron chi connectivity index (χ3n) is 3.81. The van der Waals surface area contributed by atoms with Crippen LogP contribution in [0.4, 0.5) is 4.39 Å². The lowest BCUT2D eigenvalue weighted by molar-refractivity contribution is -0.172. The van der Waals surface area contributed by atoms with Crippen LogP contribution in [0.1, 0.15) is 22.5 Å². The number of fused-ring (bicyclic) bond motifs is 1. The molecule has 0 aliphatic carbocycles. The molecule has 1 aromatic carbocycles. The maximum atomic E-state index is 13.5. The van der Waals surface area contributed by atoms with Gasteiger partial charge in [-0.3, -0.25) is 9.63 Å². The topological polar surface area (TPSA) is 71.6 Å². The van der Waals surface area contributed by atoms with Gasteiger partial charge in [0, 0.05) is 17.3 Å². The minimum Gasteiger partial charge on any atom is -0.447 e. The smallest absolute Gasteiger partial charge is 0.355 e. The van der Waals surface area contributed by atoms with E-state index >= 15 is 0 Å². The predicted molar refractivity (Wildman–Crippen MR) is 75.5 cm³/mol. The number of hydrogen-bond donors (Lipinski definition) is 1. The number of carbonyl (C=O) groups excluding carboxylic acids is 2. The number of aromatic nitrogens is 1. The number of hydroxylamine groups is 2. The fraction of sp³-hybridized carbons (Fsp3) is 0.333. The molecule has 2 heterocycles. The summed E-state index contributed by atoms with van der Waals surface area (Å²) in [5, 5.41) is 1.77. The molecule has 0 spiro atoms. The molecule has 22 heavy (non-hydrogen) atoms. The number of aryl methyl sites for hydroxylation is 1. The van der Waals surface area contributed by atoms with Crippen molar-refractivity contribution in [3.05, 3.63) is 35.3 Å². The Hall–Kier alpha value is -2.41. The molecule has 1 N–H and O–H groups in total. The van der Waals surface area contributed by atoms with Gasteiger partial charge in [-0.2, -0.15) is 0 Å². The first-order valence-electron chi connectivity index (χ1n) is 6.85. The van der Waals surface area contributed by atoms with E-state index in [0.717, 1.165) is 5.06 Å². The number of benzene rings is 1. The highest BCUT2D eigenvalue weighted by atomic mass is 19.1. The zero-order valence-corrected chi connectivity index (χ0v) is 12.2. The number of rotatable bonds is 3. The normalized spacial score (nSPS) is 18.2. The zero-order valence-electron chi connectivity index (χ0n) is 12.2. The van der Waals surface area contributed by atoms with Gasteiger partial charge in [0.05, 0.1) is 13.7 Å². The lowest BCUT2D eigenvalue weighted by Gasteiger charge is -2.12. The number of nitrogens with one attached hydrogen (secondary N) is 1. The summed E-state index contributed by atoms with van der Waals surface area (Å²) < 4.78 is 18.7. The molecule has 6 nitrogen and oxygen atoms in total. The Bertz CT molecular complexity index is 755. The number of amides is 1. The number of esters is 1. The standard InChI is InChI=1S/C15H15FN2O4/c1-8-9-7-12(17-11(9)4-3-10(8)16)15(20)22-13-5-6-18(21-2)14(13)19/h3-4,7,13,17H,5-6H2,1-2H3. The van der Waals surface area contributed by atoms with E-state index in [-0.39, 0.29) is 17.4 Å². The second-order valence-electron chi connectivity index (χ2n) is 5.12. The van der Waals surface area contributed by atoms with Gasteiger partial charge in [0.2, 0.25) is 0 Å². The summed E-state index contributed by atoms with van der Waals surface area (Å²) in [6.07, 6.45) is -0.469. The molecule has 2 aromatic rings. The van der Waals surface area contributed by atoms with E-state index in [1.54, 1.807) is 13.0 Å². The van der Waals surface area contributed by atoms with E-state index < -0.39 is 12.1 Å². The lowest BCUT2D eigenvalue weighted by atomic mass is 10.1. The van der Waals surface area contributed by atoms with Crippen LogP contribution in [0.2, 0.25) is 0 Å². The van der Waals surface area contributed by atoms with Gasteiger partial charge in [0.1, 0.15) is 11.5 Å². The van der Waals surface area contributed by atoms with Gasteiger partial charge in [-0.05, 0) is 30.7 Å². The maximum Gasteiger partial charge on any atom is 0.355 e. The molecule has 116 valence electrons. The molecule has 1 fully saturated rings. The van der Waals surface area contributed by atoms with Crippen molar-refractivity contribution >= 4 is 22.8 Å². The number of aromatic amines is 1. The summed E-state index contributed by atoms with van der Waals surface area (Å²) in [7, 11) is 1.39. The number of carbonyl (C=O) groups is 2. The monoisotopic (exact) mass is 306 g/mol.